The zero-order chi connectivity index (χ0) is 32.9. The summed E-state index contributed by atoms with van der Waals surface area (Å²) in [6.45, 7) is 9.13. The van der Waals surface area contributed by atoms with Crippen molar-refractivity contribution in [3.63, 3.8) is 0 Å². The Morgan fingerprint density at radius 3 is 1.78 bits per heavy atom. The Balaban J connectivity index is 0.000000186. The van der Waals surface area contributed by atoms with Gasteiger partial charge in [0.25, 0.3) is 17.5 Å². The van der Waals surface area contributed by atoms with Crippen LogP contribution in [0.15, 0.2) is 36.4 Å². The number of carbonyl (C=O) groups excluding carboxylic acids is 7. The van der Waals surface area contributed by atoms with Gasteiger partial charge in [0, 0.05) is 0 Å². The molecule has 2 fully saturated rings. The van der Waals surface area contributed by atoms with Gasteiger partial charge in [0.15, 0.2) is 0 Å². The van der Waals surface area contributed by atoms with Crippen LogP contribution in [0.1, 0.15) is 92.1 Å². The van der Waals surface area contributed by atoms with Crippen molar-refractivity contribution >= 4 is 52.8 Å². The molecule has 2 aliphatic carbocycles. The Labute approximate surface area is 259 Å². The minimum Gasteiger partial charge on any atom is -0.465 e. The summed E-state index contributed by atoms with van der Waals surface area (Å²) in [5.74, 6) is -3.48. The molecular formula is C33H34N2O10. The Kier molecular flexibility index (Phi) is 7.88. The van der Waals surface area contributed by atoms with E-state index in [2.05, 4.69) is 5.32 Å². The number of ketones is 2. The fraction of sp³-hybridized carbons (Fsp3) is 0.424. The lowest BCUT2D eigenvalue weighted by atomic mass is 9.93. The van der Waals surface area contributed by atoms with Crippen LogP contribution >= 0.6 is 0 Å². The van der Waals surface area contributed by atoms with Crippen molar-refractivity contribution in [1.82, 2.24) is 0 Å². The van der Waals surface area contributed by atoms with E-state index in [1.807, 2.05) is 0 Å². The van der Waals surface area contributed by atoms with Crippen LogP contribution < -0.4 is 10.2 Å². The Morgan fingerprint density at radius 1 is 0.778 bits per heavy atom. The van der Waals surface area contributed by atoms with Crippen LogP contribution in [0, 0.1) is 0 Å². The molecule has 0 aromatic heterocycles. The van der Waals surface area contributed by atoms with E-state index < -0.39 is 45.9 Å². The van der Waals surface area contributed by atoms with E-state index in [9.17, 15) is 33.6 Å². The van der Waals surface area contributed by atoms with Gasteiger partial charge in [-0.25, -0.2) is 9.69 Å². The summed E-state index contributed by atoms with van der Waals surface area (Å²) < 4.78 is 15.4. The summed E-state index contributed by atoms with van der Waals surface area (Å²) in [6.07, 6.45) is 1.81. The van der Waals surface area contributed by atoms with Gasteiger partial charge >= 0.3 is 23.9 Å². The van der Waals surface area contributed by atoms with E-state index >= 15 is 0 Å². The van der Waals surface area contributed by atoms with E-state index in [0.717, 1.165) is 23.3 Å². The van der Waals surface area contributed by atoms with Crippen LogP contribution in [0.4, 0.5) is 16.2 Å². The number of esters is 2. The molecule has 0 saturated heterocycles. The van der Waals surface area contributed by atoms with Crippen LogP contribution in [0.25, 0.3) is 0 Å². The molecule has 2 aromatic rings. The lowest BCUT2D eigenvalue weighted by Crippen LogP contribution is -2.40. The third kappa shape index (κ3) is 5.60. The topological polar surface area (TPSA) is 162 Å². The van der Waals surface area contributed by atoms with Gasteiger partial charge in [0.1, 0.15) is 5.60 Å². The SMILES string of the molecule is CCOC(=O)C1(c2ccc3c(c2)C(=O)C(=O)N3)CC1.CCOC(=O)C1(c2ccc3c(c2)C(=O)C(=O)N3C(=O)OC(C)(C)C)CC1. The Bertz CT molecular complexity index is 1660. The molecule has 2 saturated carbocycles. The Hall–Kier alpha value is -4.87. The van der Waals surface area contributed by atoms with Gasteiger partial charge in [-0.1, -0.05) is 12.1 Å². The molecule has 2 heterocycles. The summed E-state index contributed by atoms with van der Waals surface area (Å²) in [4.78, 5) is 84.9. The number of rotatable bonds is 6. The molecule has 0 radical (unpaired) electrons. The molecule has 0 bridgehead atoms. The fourth-order valence-corrected chi connectivity index (χ4v) is 5.48. The molecule has 2 aliphatic heterocycles. The number of anilines is 2. The van der Waals surface area contributed by atoms with Gasteiger partial charge in [0.05, 0.1) is 46.5 Å². The highest BCUT2D eigenvalue weighted by Gasteiger charge is 2.54. The zero-order valence-corrected chi connectivity index (χ0v) is 25.7. The van der Waals surface area contributed by atoms with Crippen LogP contribution in [-0.4, -0.2) is 60.2 Å². The average Bonchev–Trinajstić information content (AvgIpc) is 3.90. The maximum Gasteiger partial charge on any atom is 0.422 e. The average molecular weight is 619 g/mol. The first kappa shape index (κ1) is 31.6. The van der Waals surface area contributed by atoms with Crippen molar-refractivity contribution in [2.24, 2.45) is 0 Å². The van der Waals surface area contributed by atoms with E-state index in [4.69, 9.17) is 14.2 Å². The Morgan fingerprint density at radius 2 is 1.29 bits per heavy atom. The van der Waals surface area contributed by atoms with Crippen molar-refractivity contribution in [2.75, 3.05) is 23.4 Å². The lowest BCUT2D eigenvalue weighted by Gasteiger charge is -2.23. The standard InChI is InChI=1S/C19H21NO6.C14H13NO4/c1-5-25-16(23)19(8-9-19)11-6-7-13-12(10-11)14(21)15(22)20(13)17(24)26-18(2,3)4;1-2-19-13(18)14(5-6-14)8-3-4-10-9(7-8)11(16)12(17)15-10/h6-7,10H,5,8-9H2,1-4H3;3-4,7H,2,5-6H2,1H3,(H,15,16,17). The number of nitrogens with one attached hydrogen (secondary N) is 1. The van der Waals surface area contributed by atoms with Crippen LogP contribution in [0.2, 0.25) is 0 Å². The molecule has 12 heteroatoms. The maximum absolute atomic E-state index is 12.4. The van der Waals surface area contributed by atoms with Crippen molar-refractivity contribution in [1.29, 1.82) is 0 Å². The molecule has 4 aliphatic rings. The van der Waals surface area contributed by atoms with Crippen molar-refractivity contribution in [3.8, 4) is 0 Å². The highest BCUT2D eigenvalue weighted by atomic mass is 16.6. The second-order valence-corrected chi connectivity index (χ2v) is 12.3. The first-order chi connectivity index (χ1) is 21.2. The molecule has 45 heavy (non-hydrogen) atoms. The summed E-state index contributed by atoms with van der Waals surface area (Å²) >= 11 is 0. The molecule has 2 aromatic carbocycles. The van der Waals surface area contributed by atoms with Crippen LogP contribution in [0.5, 0.6) is 0 Å². The molecule has 6 rings (SSSR count). The summed E-state index contributed by atoms with van der Waals surface area (Å²) in [6, 6.07) is 9.78. The third-order valence-electron chi connectivity index (χ3n) is 8.11. The number of ether oxygens (including phenoxy) is 3. The maximum atomic E-state index is 12.4. The normalized spacial score (nSPS) is 18.2. The molecule has 3 amide bonds. The van der Waals surface area contributed by atoms with Gasteiger partial charge in [-0.05, 0) is 95.7 Å². The summed E-state index contributed by atoms with van der Waals surface area (Å²) in [5, 5.41) is 2.50. The van der Waals surface area contributed by atoms with Gasteiger partial charge in [-0.3, -0.25) is 28.8 Å². The number of imide groups is 1. The van der Waals surface area contributed by atoms with E-state index in [1.165, 1.54) is 12.1 Å². The number of nitrogens with zero attached hydrogens (tertiary/aromatic N) is 1. The molecular weight excluding hydrogens is 584 g/mol. The second-order valence-electron chi connectivity index (χ2n) is 12.3. The van der Waals surface area contributed by atoms with Gasteiger partial charge in [-0.15, -0.1) is 0 Å². The lowest BCUT2D eigenvalue weighted by molar-refractivity contribution is -0.147. The highest BCUT2D eigenvalue weighted by molar-refractivity contribution is 6.56. The van der Waals surface area contributed by atoms with E-state index in [0.29, 0.717) is 36.3 Å². The van der Waals surface area contributed by atoms with Crippen LogP contribution in [-0.2, 0) is 44.2 Å². The monoisotopic (exact) mass is 618 g/mol. The number of fused-ring (bicyclic) bond motifs is 2. The molecule has 0 atom stereocenters. The number of Topliss-reactive ketones (excluding diaryl/α,β-unsaturated/α-hetero) is 2. The first-order valence-electron chi connectivity index (χ1n) is 14.8. The largest absolute Gasteiger partial charge is 0.465 e. The molecule has 0 unspecified atom stereocenters. The van der Waals surface area contributed by atoms with Crippen molar-refractivity contribution in [2.45, 2.75) is 76.7 Å². The number of hydrogen-bond acceptors (Lipinski definition) is 10. The summed E-state index contributed by atoms with van der Waals surface area (Å²) in [5.41, 5.74) is 0.356. The highest BCUT2D eigenvalue weighted by Crippen LogP contribution is 2.51. The zero-order valence-electron chi connectivity index (χ0n) is 25.7. The number of benzene rings is 2. The number of carbonyl (C=O) groups is 7. The predicted octanol–water partition coefficient (Wildman–Crippen LogP) is 4.16. The summed E-state index contributed by atoms with van der Waals surface area (Å²) in [7, 11) is 0. The fourth-order valence-electron chi connectivity index (χ4n) is 5.48. The van der Waals surface area contributed by atoms with E-state index in [1.54, 1.807) is 58.9 Å². The van der Waals surface area contributed by atoms with Crippen molar-refractivity contribution in [3.05, 3.63) is 58.7 Å². The molecule has 12 nitrogen and oxygen atoms in total. The third-order valence-corrected chi connectivity index (χ3v) is 8.11. The van der Waals surface area contributed by atoms with E-state index in [-0.39, 0.29) is 29.8 Å². The molecule has 1 N–H and O–H groups in total. The number of hydrogen-bond donors (Lipinski definition) is 1. The van der Waals surface area contributed by atoms with Gasteiger partial charge in [-0.2, -0.15) is 0 Å². The van der Waals surface area contributed by atoms with Crippen LogP contribution in [0.3, 0.4) is 0 Å². The number of amides is 3. The molecule has 236 valence electrons. The quantitative estimate of drug-likeness (QED) is 0.283. The van der Waals surface area contributed by atoms with Gasteiger partial charge < -0.3 is 19.5 Å². The minimum atomic E-state index is -0.951. The smallest absolute Gasteiger partial charge is 0.422 e. The van der Waals surface area contributed by atoms with Crippen molar-refractivity contribution < 1.29 is 47.8 Å². The minimum absolute atomic E-state index is 0.105. The van der Waals surface area contributed by atoms with Gasteiger partial charge in [0.2, 0.25) is 0 Å². The second kappa shape index (κ2) is 11.2. The first-order valence-corrected chi connectivity index (χ1v) is 14.8. The predicted molar refractivity (Wildman–Crippen MR) is 159 cm³/mol. The molecule has 0 spiro atoms.